The SMILES string of the molecule is OC[C@H](O)[C@H](O)[C@H](O[C@@H]1O[C@H](CO[C@@H]2O[C@H](CO)[C@H](O)[C@H](O)[C@H]2O)[C@@H](O)[C@H](O)[C@@H]1O)[C@@H](O)CO. The van der Waals surface area contributed by atoms with Crippen LogP contribution in [0.5, 0.6) is 0 Å². The Morgan fingerprint density at radius 1 is 0.618 bits per heavy atom. The maximum atomic E-state index is 10.2. The maximum Gasteiger partial charge on any atom is 0.187 e. The number of hydrogen-bond acceptors (Lipinski definition) is 16. The van der Waals surface area contributed by atoms with E-state index in [1.165, 1.54) is 0 Å². The lowest BCUT2D eigenvalue weighted by atomic mass is 9.98. The van der Waals surface area contributed by atoms with Gasteiger partial charge in [0.05, 0.1) is 26.4 Å². The Kier molecular flexibility index (Phi) is 11.4. The molecule has 0 aromatic heterocycles. The minimum absolute atomic E-state index is 0.650. The number of aliphatic hydroxyl groups is 12. The number of hydrogen-bond donors (Lipinski definition) is 12. The molecule has 0 radical (unpaired) electrons. The van der Waals surface area contributed by atoms with E-state index >= 15 is 0 Å². The molecule has 14 atom stereocenters. The molecule has 12 N–H and O–H groups in total. The van der Waals surface area contributed by atoms with Crippen molar-refractivity contribution in [1.29, 1.82) is 0 Å². The zero-order valence-electron chi connectivity index (χ0n) is 17.9. The van der Waals surface area contributed by atoms with Crippen molar-refractivity contribution in [3.63, 3.8) is 0 Å². The third kappa shape index (κ3) is 6.56. The summed E-state index contributed by atoms with van der Waals surface area (Å²) >= 11 is 0. The highest BCUT2D eigenvalue weighted by molar-refractivity contribution is 4.93. The second-order valence-electron chi connectivity index (χ2n) is 8.14. The lowest BCUT2D eigenvalue weighted by molar-refractivity contribution is -0.344. The predicted molar refractivity (Wildman–Crippen MR) is 103 cm³/mol. The van der Waals surface area contributed by atoms with Crippen molar-refractivity contribution in [1.82, 2.24) is 0 Å². The van der Waals surface area contributed by atoms with Crippen LogP contribution in [0.4, 0.5) is 0 Å². The van der Waals surface area contributed by atoms with E-state index in [-0.39, 0.29) is 0 Å². The van der Waals surface area contributed by atoms with Gasteiger partial charge < -0.3 is 80.2 Å². The first-order valence-electron chi connectivity index (χ1n) is 10.5. The fraction of sp³-hybridized carbons (Fsp3) is 1.00. The molecule has 2 aliphatic heterocycles. The van der Waals surface area contributed by atoms with E-state index < -0.39 is 112 Å². The van der Waals surface area contributed by atoms with Crippen LogP contribution in [0.2, 0.25) is 0 Å². The number of rotatable bonds is 11. The predicted octanol–water partition coefficient (Wildman–Crippen LogP) is -7.94. The quantitative estimate of drug-likeness (QED) is 0.124. The molecule has 0 unspecified atom stereocenters. The summed E-state index contributed by atoms with van der Waals surface area (Å²) in [5.41, 5.74) is 0. The van der Waals surface area contributed by atoms with Crippen molar-refractivity contribution >= 4 is 0 Å². The topological polar surface area (TPSA) is 280 Å². The molecule has 2 fully saturated rings. The van der Waals surface area contributed by atoms with E-state index in [0.29, 0.717) is 0 Å². The van der Waals surface area contributed by atoms with Crippen molar-refractivity contribution in [3.05, 3.63) is 0 Å². The molecule has 16 nitrogen and oxygen atoms in total. The van der Waals surface area contributed by atoms with Crippen LogP contribution in [-0.4, -0.2) is 174 Å². The Balaban J connectivity index is 2.10. The lowest BCUT2D eigenvalue weighted by Gasteiger charge is -2.44. The largest absolute Gasteiger partial charge is 0.394 e. The summed E-state index contributed by atoms with van der Waals surface area (Å²) in [5.74, 6) is 0. The van der Waals surface area contributed by atoms with E-state index in [9.17, 15) is 56.2 Å². The molecule has 0 saturated carbocycles. The van der Waals surface area contributed by atoms with Crippen molar-refractivity contribution in [3.8, 4) is 0 Å². The Hall–Kier alpha value is -0.640. The first kappa shape index (κ1) is 29.6. The second kappa shape index (κ2) is 13.1. The molecule has 0 aromatic rings. The number of ether oxygens (including phenoxy) is 4. The highest BCUT2D eigenvalue weighted by Crippen LogP contribution is 2.27. The van der Waals surface area contributed by atoms with Gasteiger partial charge in [0.25, 0.3) is 0 Å². The van der Waals surface area contributed by atoms with E-state index in [1.54, 1.807) is 0 Å². The Labute approximate surface area is 193 Å². The van der Waals surface area contributed by atoms with Crippen LogP contribution in [0.1, 0.15) is 0 Å². The fourth-order valence-electron chi connectivity index (χ4n) is 3.55. The van der Waals surface area contributed by atoms with Gasteiger partial charge in [-0.3, -0.25) is 0 Å². The van der Waals surface area contributed by atoms with Gasteiger partial charge in [-0.1, -0.05) is 0 Å². The van der Waals surface area contributed by atoms with E-state index in [4.69, 9.17) is 24.1 Å². The monoisotopic (exact) mass is 506 g/mol. The van der Waals surface area contributed by atoms with Crippen LogP contribution in [0.25, 0.3) is 0 Å². The summed E-state index contributed by atoms with van der Waals surface area (Å²) in [6, 6.07) is 0. The molecule has 16 heteroatoms. The van der Waals surface area contributed by atoms with Gasteiger partial charge in [-0.25, -0.2) is 0 Å². The summed E-state index contributed by atoms with van der Waals surface area (Å²) in [5, 5.41) is 117. The van der Waals surface area contributed by atoms with Crippen molar-refractivity contribution in [2.45, 2.75) is 85.8 Å². The summed E-state index contributed by atoms with van der Waals surface area (Å²) in [4.78, 5) is 0. The molecule has 2 heterocycles. The molecule has 0 spiro atoms. The van der Waals surface area contributed by atoms with Crippen LogP contribution in [0, 0.1) is 0 Å². The summed E-state index contributed by atoms with van der Waals surface area (Å²) in [6.45, 7) is -3.27. The number of aliphatic hydroxyl groups excluding tert-OH is 12. The van der Waals surface area contributed by atoms with Gasteiger partial charge in [0, 0.05) is 0 Å². The zero-order chi connectivity index (χ0) is 25.7. The van der Waals surface area contributed by atoms with E-state index in [2.05, 4.69) is 0 Å². The van der Waals surface area contributed by atoms with Crippen LogP contribution in [-0.2, 0) is 18.9 Å². The highest BCUT2D eigenvalue weighted by Gasteiger charge is 2.49. The van der Waals surface area contributed by atoms with Crippen LogP contribution in [0.15, 0.2) is 0 Å². The Morgan fingerprint density at radius 2 is 1.12 bits per heavy atom. The normalized spacial score (nSPS) is 42.7. The molecule has 0 aromatic carbocycles. The smallest absolute Gasteiger partial charge is 0.187 e. The van der Waals surface area contributed by atoms with Gasteiger partial charge in [0.15, 0.2) is 12.6 Å². The molecule has 2 saturated heterocycles. The van der Waals surface area contributed by atoms with Crippen LogP contribution < -0.4 is 0 Å². The molecular formula is C18H34O16. The van der Waals surface area contributed by atoms with Gasteiger partial charge in [0.2, 0.25) is 0 Å². The average Bonchev–Trinajstić information content (AvgIpc) is 2.84. The van der Waals surface area contributed by atoms with Crippen LogP contribution >= 0.6 is 0 Å². The third-order valence-electron chi connectivity index (χ3n) is 5.72. The molecule has 0 aliphatic carbocycles. The van der Waals surface area contributed by atoms with Crippen molar-refractivity contribution in [2.75, 3.05) is 26.4 Å². The average molecular weight is 506 g/mol. The molecule has 0 amide bonds. The Morgan fingerprint density at radius 3 is 1.65 bits per heavy atom. The van der Waals surface area contributed by atoms with E-state index in [0.717, 1.165) is 0 Å². The summed E-state index contributed by atoms with van der Waals surface area (Å²) in [6.07, 6.45) is -24.4. The standard InChI is InChI=1S/C18H34O16/c19-1-5(22)9(24)16(6(23)2-20)34-18-15(30)13(28)11(26)8(33-18)4-31-17-14(29)12(27)10(25)7(3-21)32-17/h5-30H,1-4H2/t5-,6-,7+,8+,9-,10-,11+,12-,13-,14+,15-,16+,17+,18-/m0/s1. The highest BCUT2D eigenvalue weighted by atomic mass is 16.7. The van der Waals surface area contributed by atoms with E-state index in [1.807, 2.05) is 0 Å². The summed E-state index contributed by atoms with van der Waals surface area (Å²) < 4.78 is 21.0. The molecule has 2 rings (SSSR count). The van der Waals surface area contributed by atoms with Crippen LogP contribution in [0.3, 0.4) is 0 Å². The van der Waals surface area contributed by atoms with Gasteiger partial charge in [0.1, 0.15) is 73.2 Å². The minimum atomic E-state index is -1.96. The lowest BCUT2D eigenvalue weighted by Crippen LogP contribution is -2.63. The van der Waals surface area contributed by atoms with Gasteiger partial charge in [-0.15, -0.1) is 0 Å². The van der Waals surface area contributed by atoms with Crippen molar-refractivity contribution < 1.29 is 80.2 Å². The minimum Gasteiger partial charge on any atom is -0.394 e. The molecule has 202 valence electrons. The second-order valence-corrected chi connectivity index (χ2v) is 8.14. The van der Waals surface area contributed by atoms with Gasteiger partial charge in [-0.05, 0) is 0 Å². The molecule has 34 heavy (non-hydrogen) atoms. The zero-order valence-corrected chi connectivity index (χ0v) is 17.9. The van der Waals surface area contributed by atoms with Gasteiger partial charge >= 0.3 is 0 Å². The first-order chi connectivity index (χ1) is 16.0. The van der Waals surface area contributed by atoms with Gasteiger partial charge in [-0.2, -0.15) is 0 Å². The Bertz CT molecular complexity index is 596. The third-order valence-corrected chi connectivity index (χ3v) is 5.72. The maximum absolute atomic E-state index is 10.2. The molecular weight excluding hydrogens is 472 g/mol. The van der Waals surface area contributed by atoms with Crippen molar-refractivity contribution in [2.24, 2.45) is 0 Å². The molecule has 0 bridgehead atoms. The fourth-order valence-corrected chi connectivity index (χ4v) is 3.55. The first-order valence-corrected chi connectivity index (χ1v) is 10.5. The summed E-state index contributed by atoms with van der Waals surface area (Å²) in [7, 11) is 0. The molecule has 2 aliphatic rings.